The third kappa shape index (κ3) is 2.55. The second-order valence-electron chi connectivity index (χ2n) is 5.29. The molecule has 0 bridgehead atoms. The maximum Gasteiger partial charge on any atom is 0.241 e. The van der Waals surface area contributed by atoms with Crippen molar-refractivity contribution in [1.29, 1.82) is 0 Å². The van der Waals surface area contributed by atoms with Crippen LogP contribution in [0.5, 0.6) is 0 Å². The molecule has 2 saturated heterocycles. The number of piperazine rings is 1. The predicted molar refractivity (Wildman–Crippen MR) is 64.2 cm³/mol. The van der Waals surface area contributed by atoms with Gasteiger partial charge in [-0.15, -0.1) is 0 Å². The van der Waals surface area contributed by atoms with Crippen molar-refractivity contribution in [3.8, 4) is 0 Å². The lowest BCUT2D eigenvalue weighted by Crippen LogP contribution is -2.56. The summed E-state index contributed by atoms with van der Waals surface area (Å²) in [5, 5.41) is 6.55. The number of hydrogen-bond acceptors (Lipinski definition) is 3. The van der Waals surface area contributed by atoms with E-state index in [1.165, 1.54) is 6.42 Å². The SMILES string of the molecule is CC(C)C1CCN(C(=O)C2CNCCN2)C1. The van der Waals surface area contributed by atoms with E-state index < -0.39 is 0 Å². The summed E-state index contributed by atoms with van der Waals surface area (Å²) in [6, 6.07) is -0.000313. The molecule has 4 nitrogen and oxygen atoms in total. The molecule has 0 aromatic heterocycles. The van der Waals surface area contributed by atoms with Crippen molar-refractivity contribution in [3.63, 3.8) is 0 Å². The maximum absolute atomic E-state index is 12.2. The highest BCUT2D eigenvalue weighted by atomic mass is 16.2. The number of nitrogens with one attached hydrogen (secondary N) is 2. The number of hydrogen-bond donors (Lipinski definition) is 2. The van der Waals surface area contributed by atoms with Crippen LogP contribution in [0.1, 0.15) is 20.3 Å². The van der Waals surface area contributed by atoms with Crippen molar-refractivity contribution in [2.24, 2.45) is 11.8 Å². The van der Waals surface area contributed by atoms with Gasteiger partial charge in [-0.25, -0.2) is 0 Å². The van der Waals surface area contributed by atoms with Crippen LogP contribution in [-0.4, -0.2) is 49.6 Å². The lowest BCUT2D eigenvalue weighted by Gasteiger charge is -2.28. The van der Waals surface area contributed by atoms with Crippen molar-refractivity contribution >= 4 is 5.91 Å². The quantitative estimate of drug-likeness (QED) is 0.698. The summed E-state index contributed by atoms with van der Waals surface area (Å²) in [6.07, 6.45) is 1.17. The Bertz CT molecular complexity index is 249. The molecule has 2 aliphatic heterocycles. The molecule has 0 aromatic carbocycles. The second kappa shape index (κ2) is 5.15. The van der Waals surface area contributed by atoms with Crippen LogP contribution in [0.4, 0.5) is 0 Å². The molecule has 0 spiro atoms. The number of rotatable bonds is 2. The Morgan fingerprint density at radius 2 is 2.19 bits per heavy atom. The van der Waals surface area contributed by atoms with Crippen LogP contribution in [-0.2, 0) is 4.79 Å². The van der Waals surface area contributed by atoms with Crippen molar-refractivity contribution in [2.75, 3.05) is 32.7 Å². The fourth-order valence-corrected chi connectivity index (χ4v) is 2.58. The highest BCUT2D eigenvalue weighted by molar-refractivity contribution is 5.82. The molecule has 2 atom stereocenters. The van der Waals surface area contributed by atoms with E-state index in [1.807, 2.05) is 4.90 Å². The molecule has 0 aromatic rings. The molecule has 2 heterocycles. The summed E-state index contributed by atoms with van der Waals surface area (Å²) in [5.41, 5.74) is 0. The number of amides is 1. The van der Waals surface area contributed by atoms with Crippen molar-refractivity contribution in [1.82, 2.24) is 15.5 Å². The van der Waals surface area contributed by atoms with Crippen LogP contribution < -0.4 is 10.6 Å². The molecule has 16 heavy (non-hydrogen) atoms. The van der Waals surface area contributed by atoms with Crippen molar-refractivity contribution < 1.29 is 4.79 Å². The summed E-state index contributed by atoms with van der Waals surface area (Å²) in [6.45, 7) is 9.05. The summed E-state index contributed by atoms with van der Waals surface area (Å²) in [5.74, 6) is 1.67. The van der Waals surface area contributed by atoms with Gasteiger partial charge in [-0.3, -0.25) is 4.79 Å². The third-order valence-corrected chi connectivity index (χ3v) is 3.82. The van der Waals surface area contributed by atoms with Gasteiger partial charge < -0.3 is 15.5 Å². The smallest absolute Gasteiger partial charge is 0.241 e. The van der Waals surface area contributed by atoms with Gasteiger partial charge in [0, 0.05) is 32.7 Å². The Kier molecular flexibility index (Phi) is 3.82. The standard InChI is InChI=1S/C12H23N3O/c1-9(2)10-3-6-15(8-10)12(16)11-7-13-4-5-14-11/h9-11,13-14H,3-8H2,1-2H3. The summed E-state index contributed by atoms with van der Waals surface area (Å²) in [4.78, 5) is 14.2. The van der Waals surface area contributed by atoms with Crippen molar-refractivity contribution in [3.05, 3.63) is 0 Å². The summed E-state index contributed by atoms with van der Waals surface area (Å²) < 4.78 is 0. The largest absolute Gasteiger partial charge is 0.341 e. The number of carbonyl (C=O) groups is 1. The average Bonchev–Trinajstić information content (AvgIpc) is 2.78. The van der Waals surface area contributed by atoms with Gasteiger partial charge in [0.05, 0.1) is 6.04 Å². The summed E-state index contributed by atoms with van der Waals surface area (Å²) in [7, 11) is 0. The molecule has 0 aliphatic carbocycles. The Balaban J connectivity index is 1.86. The molecule has 1 amide bonds. The third-order valence-electron chi connectivity index (χ3n) is 3.82. The fourth-order valence-electron chi connectivity index (χ4n) is 2.58. The van der Waals surface area contributed by atoms with Crippen LogP contribution in [0.2, 0.25) is 0 Å². The molecule has 2 N–H and O–H groups in total. The monoisotopic (exact) mass is 225 g/mol. The van der Waals surface area contributed by atoms with Crippen molar-refractivity contribution in [2.45, 2.75) is 26.3 Å². The van der Waals surface area contributed by atoms with Gasteiger partial charge in [0.25, 0.3) is 0 Å². The van der Waals surface area contributed by atoms with Gasteiger partial charge in [0.15, 0.2) is 0 Å². The Morgan fingerprint density at radius 1 is 1.38 bits per heavy atom. The van der Waals surface area contributed by atoms with Gasteiger partial charge in [-0.1, -0.05) is 13.8 Å². The Hall–Kier alpha value is -0.610. The lowest BCUT2D eigenvalue weighted by molar-refractivity contribution is -0.132. The van der Waals surface area contributed by atoms with Gasteiger partial charge in [0.2, 0.25) is 5.91 Å². The number of nitrogens with zero attached hydrogens (tertiary/aromatic N) is 1. The first-order valence-electron chi connectivity index (χ1n) is 6.41. The van der Waals surface area contributed by atoms with Gasteiger partial charge in [-0.05, 0) is 18.3 Å². The minimum atomic E-state index is -0.000313. The second-order valence-corrected chi connectivity index (χ2v) is 5.29. The van der Waals surface area contributed by atoms with E-state index >= 15 is 0 Å². The topological polar surface area (TPSA) is 44.4 Å². The number of carbonyl (C=O) groups excluding carboxylic acids is 1. The molecule has 2 rings (SSSR count). The minimum absolute atomic E-state index is 0.000313. The predicted octanol–water partition coefficient (Wildman–Crippen LogP) is 0.0523. The van der Waals surface area contributed by atoms with Gasteiger partial charge in [-0.2, -0.15) is 0 Å². The van der Waals surface area contributed by atoms with Gasteiger partial charge >= 0.3 is 0 Å². The molecule has 2 fully saturated rings. The Morgan fingerprint density at radius 3 is 2.75 bits per heavy atom. The van der Waals surface area contributed by atoms with Crippen LogP contribution in [0.3, 0.4) is 0 Å². The Labute approximate surface area is 97.8 Å². The van der Waals surface area contributed by atoms with Crippen LogP contribution in [0, 0.1) is 11.8 Å². The van der Waals surface area contributed by atoms with Crippen LogP contribution >= 0.6 is 0 Å². The molecular formula is C12H23N3O. The normalized spacial score (nSPS) is 31.1. The number of likely N-dealkylation sites (tertiary alicyclic amines) is 1. The first-order chi connectivity index (χ1) is 7.68. The first-order valence-corrected chi connectivity index (χ1v) is 6.41. The zero-order chi connectivity index (χ0) is 11.5. The maximum atomic E-state index is 12.2. The van der Waals surface area contributed by atoms with E-state index in [9.17, 15) is 4.79 Å². The van der Waals surface area contributed by atoms with Crippen LogP contribution in [0.15, 0.2) is 0 Å². The molecule has 2 aliphatic rings. The first kappa shape index (κ1) is 11.9. The van der Waals surface area contributed by atoms with E-state index in [4.69, 9.17) is 0 Å². The molecule has 92 valence electrons. The van der Waals surface area contributed by atoms with E-state index in [0.717, 1.165) is 32.7 Å². The highest BCUT2D eigenvalue weighted by Crippen LogP contribution is 2.23. The fraction of sp³-hybridized carbons (Fsp3) is 0.917. The van der Waals surface area contributed by atoms with E-state index in [0.29, 0.717) is 11.8 Å². The highest BCUT2D eigenvalue weighted by Gasteiger charge is 2.32. The van der Waals surface area contributed by atoms with Crippen LogP contribution in [0.25, 0.3) is 0 Å². The van der Waals surface area contributed by atoms with E-state index in [1.54, 1.807) is 0 Å². The molecule has 0 saturated carbocycles. The summed E-state index contributed by atoms with van der Waals surface area (Å²) >= 11 is 0. The molecule has 0 radical (unpaired) electrons. The van der Waals surface area contributed by atoms with Gasteiger partial charge in [0.1, 0.15) is 0 Å². The van der Waals surface area contributed by atoms with E-state index in [2.05, 4.69) is 24.5 Å². The zero-order valence-corrected chi connectivity index (χ0v) is 10.3. The zero-order valence-electron chi connectivity index (χ0n) is 10.3. The molecule has 2 unspecified atom stereocenters. The average molecular weight is 225 g/mol. The molecule has 4 heteroatoms. The lowest BCUT2D eigenvalue weighted by atomic mass is 9.95. The minimum Gasteiger partial charge on any atom is -0.341 e. The molecular weight excluding hydrogens is 202 g/mol. The van der Waals surface area contributed by atoms with E-state index in [-0.39, 0.29) is 11.9 Å².